The summed E-state index contributed by atoms with van der Waals surface area (Å²) in [6.07, 6.45) is 6.44. The number of carbonyl (C=O) groups excluding carboxylic acids is 1. The van der Waals surface area contributed by atoms with Gasteiger partial charge in [0.1, 0.15) is 0 Å². The molecule has 0 saturated carbocycles. The van der Waals surface area contributed by atoms with E-state index in [0.717, 1.165) is 0 Å². The van der Waals surface area contributed by atoms with Crippen molar-refractivity contribution < 1.29 is 9.53 Å². The van der Waals surface area contributed by atoms with Gasteiger partial charge < -0.3 is 4.74 Å². The molecule has 0 heterocycles. The van der Waals surface area contributed by atoms with Crippen LogP contribution in [0.5, 0.6) is 0 Å². The maximum atomic E-state index is 10.5. The lowest BCUT2D eigenvalue weighted by molar-refractivity contribution is -0.135. The molecule has 0 aromatic heterocycles. The third-order valence-electron chi connectivity index (χ3n) is 0.733. The predicted octanol–water partition coefficient (Wildman–Crippen LogP) is 1.86. The van der Waals surface area contributed by atoms with Gasteiger partial charge in [-0.3, -0.25) is 0 Å². The van der Waals surface area contributed by atoms with Crippen LogP contribution in [0.15, 0.2) is 24.3 Å². The van der Waals surface area contributed by atoms with Gasteiger partial charge in [-0.15, -0.1) is 0 Å². The average molecular weight is 161 g/mol. The fourth-order valence-electron chi connectivity index (χ4n) is 0.347. The van der Waals surface area contributed by atoms with Crippen LogP contribution in [0.25, 0.3) is 0 Å². The second-order valence-corrected chi connectivity index (χ2v) is 1.68. The second-order valence-electron chi connectivity index (χ2n) is 1.46. The Balaban J connectivity index is 3.56. The van der Waals surface area contributed by atoms with Crippen molar-refractivity contribution in [1.29, 1.82) is 0 Å². The van der Waals surface area contributed by atoms with Crippen LogP contribution >= 0.6 is 11.6 Å². The molecular weight excluding hydrogens is 152 g/mol. The van der Waals surface area contributed by atoms with Crippen LogP contribution < -0.4 is 0 Å². The zero-order valence-corrected chi connectivity index (χ0v) is 6.47. The van der Waals surface area contributed by atoms with Crippen LogP contribution in [-0.2, 0) is 9.53 Å². The van der Waals surface area contributed by atoms with E-state index in [0.29, 0.717) is 0 Å². The van der Waals surface area contributed by atoms with Crippen LogP contribution in [0.4, 0.5) is 0 Å². The first kappa shape index (κ1) is 9.24. The monoisotopic (exact) mass is 160 g/mol. The van der Waals surface area contributed by atoms with Crippen molar-refractivity contribution >= 4 is 17.6 Å². The van der Waals surface area contributed by atoms with Crippen molar-refractivity contribution in [3.8, 4) is 0 Å². The molecule has 0 rings (SSSR count). The standard InChI is InChI=1S/C7H9ClO2/c1-2-3-4-5-7(9)10-6-8/h2-5H,6H2,1H3. The zero-order valence-electron chi connectivity index (χ0n) is 5.71. The summed E-state index contributed by atoms with van der Waals surface area (Å²) in [6, 6.07) is -0.0982. The van der Waals surface area contributed by atoms with E-state index in [-0.39, 0.29) is 6.07 Å². The molecule has 0 bridgehead atoms. The van der Waals surface area contributed by atoms with Crippen LogP contribution in [0, 0.1) is 0 Å². The molecule has 56 valence electrons. The lowest BCUT2D eigenvalue weighted by Crippen LogP contribution is -1.96. The Morgan fingerprint density at radius 1 is 1.60 bits per heavy atom. The van der Waals surface area contributed by atoms with Gasteiger partial charge in [-0.1, -0.05) is 29.8 Å². The molecule has 0 aliphatic rings. The van der Waals surface area contributed by atoms with Crippen molar-refractivity contribution in [2.45, 2.75) is 6.92 Å². The number of esters is 1. The Morgan fingerprint density at radius 3 is 2.80 bits per heavy atom. The SMILES string of the molecule is CC=CC=CC(=O)OCCl. The third-order valence-corrected chi connectivity index (χ3v) is 0.842. The van der Waals surface area contributed by atoms with E-state index in [1.807, 2.05) is 13.0 Å². The fourth-order valence-corrected chi connectivity index (χ4v) is 0.455. The van der Waals surface area contributed by atoms with Gasteiger partial charge >= 0.3 is 5.97 Å². The number of ether oxygens (including phenoxy) is 1. The Labute approximate surface area is 65.1 Å². The maximum absolute atomic E-state index is 10.5. The first-order valence-electron chi connectivity index (χ1n) is 2.83. The molecule has 3 heteroatoms. The summed E-state index contributed by atoms with van der Waals surface area (Å²) in [5, 5.41) is 0. The normalized spacial score (nSPS) is 11.0. The number of alkyl halides is 1. The smallest absolute Gasteiger partial charge is 0.331 e. The summed E-state index contributed by atoms with van der Waals surface area (Å²) in [6.45, 7) is 1.86. The highest BCUT2D eigenvalue weighted by atomic mass is 35.5. The predicted molar refractivity (Wildman–Crippen MR) is 40.8 cm³/mol. The highest BCUT2D eigenvalue weighted by Gasteiger charge is 1.90. The number of rotatable bonds is 3. The summed E-state index contributed by atoms with van der Waals surface area (Å²) in [4.78, 5) is 10.5. The maximum Gasteiger partial charge on any atom is 0.331 e. The van der Waals surface area contributed by atoms with Crippen molar-refractivity contribution in [2.24, 2.45) is 0 Å². The highest BCUT2D eigenvalue weighted by molar-refractivity contribution is 6.17. The van der Waals surface area contributed by atoms with Crippen molar-refractivity contribution in [1.82, 2.24) is 0 Å². The molecule has 0 aliphatic heterocycles. The van der Waals surface area contributed by atoms with E-state index in [1.165, 1.54) is 6.08 Å². The molecule has 0 aliphatic carbocycles. The minimum atomic E-state index is -0.423. The van der Waals surface area contributed by atoms with E-state index in [9.17, 15) is 4.79 Å². The van der Waals surface area contributed by atoms with E-state index in [2.05, 4.69) is 4.74 Å². The number of carbonyl (C=O) groups is 1. The van der Waals surface area contributed by atoms with Crippen LogP contribution in [0.1, 0.15) is 6.92 Å². The van der Waals surface area contributed by atoms with E-state index in [1.54, 1.807) is 12.2 Å². The molecule has 0 radical (unpaired) electrons. The van der Waals surface area contributed by atoms with E-state index in [4.69, 9.17) is 11.6 Å². The lowest BCUT2D eigenvalue weighted by Gasteiger charge is -1.90. The molecule has 0 saturated heterocycles. The molecule has 0 N–H and O–H groups in total. The number of hydrogen-bond donors (Lipinski definition) is 0. The van der Waals surface area contributed by atoms with Crippen LogP contribution in [0.2, 0.25) is 0 Å². The molecule has 2 nitrogen and oxygen atoms in total. The number of allylic oxidation sites excluding steroid dienone is 3. The van der Waals surface area contributed by atoms with E-state index < -0.39 is 5.97 Å². The third kappa shape index (κ3) is 5.38. The summed E-state index contributed by atoms with van der Waals surface area (Å²) in [5.41, 5.74) is 0. The van der Waals surface area contributed by atoms with Gasteiger partial charge in [0.2, 0.25) is 0 Å². The molecule has 0 spiro atoms. The van der Waals surface area contributed by atoms with Crippen molar-refractivity contribution in [3.63, 3.8) is 0 Å². The highest BCUT2D eigenvalue weighted by Crippen LogP contribution is 1.84. The van der Waals surface area contributed by atoms with Gasteiger partial charge in [0, 0.05) is 6.08 Å². The quantitative estimate of drug-likeness (QED) is 0.273. The zero-order chi connectivity index (χ0) is 7.82. The molecule has 0 amide bonds. The lowest BCUT2D eigenvalue weighted by atomic mass is 10.4. The average Bonchev–Trinajstić information content (AvgIpc) is 1.89. The first-order chi connectivity index (χ1) is 4.81. The van der Waals surface area contributed by atoms with Crippen LogP contribution in [0.3, 0.4) is 0 Å². The minimum Gasteiger partial charge on any atom is -0.446 e. The molecule has 0 fully saturated rings. The minimum absolute atomic E-state index is 0.0982. The van der Waals surface area contributed by atoms with Gasteiger partial charge in [0.25, 0.3) is 0 Å². The van der Waals surface area contributed by atoms with Gasteiger partial charge in [0.15, 0.2) is 6.07 Å². The Morgan fingerprint density at radius 2 is 2.30 bits per heavy atom. The number of hydrogen-bond acceptors (Lipinski definition) is 2. The van der Waals surface area contributed by atoms with Crippen LogP contribution in [-0.4, -0.2) is 12.0 Å². The summed E-state index contributed by atoms with van der Waals surface area (Å²) in [5.74, 6) is -0.423. The topological polar surface area (TPSA) is 26.3 Å². The van der Waals surface area contributed by atoms with Gasteiger partial charge in [0.05, 0.1) is 0 Å². The Kier molecular flexibility index (Phi) is 5.88. The largest absolute Gasteiger partial charge is 0.446 e. The molecular formula is C7H9ClO2. The van der Waals surface area contributed by atoms with Gasteiger partial charge in [-0.25, -0.2) is 4.79 Å². The molecule has 0 aromatic rings. The van der Waals surface area contributed by atoms with Crippen molar-refractivity contribution in [3.05, 3.63) is 24.3 Å². The fraction of sp³-hybridized carbons (Fsp3) is 0.286. The molecule has 0 unspecified atom stereocenters. The van der Waals surface area contributed by atoms with E-state index >= 15 is 0 Å². The Hall–Kier alpha value is -0.760. The molecule has 10 heavy (non-hydrogen) atoms. The molecule has 0 atom stereocenters. The first-order valence-corrected chi connectivity index (χ1v) is 3.36. The summed E-state index contributed by atoms with van der Waals surface area (Å²) < 4.78 is 4.39. The Bertz CT molecular complexity index is 150. The van der Waals surface area contributed by atoms with Crippen molar-refractivity contribution in [2.75, 3.05) is 6.07 Å². The summed E-state index contributed by atoms with van der Waals surface area (Å²) >= 11 is 5.11. The summed E-state index contributed by atoms with van der Waals surface area (Å²) in [7, 11) is 0. The van der Waals surface area contributed by atoms with Gasteiger partial charge in [-0.2, -0.15) is 0 Å². The number of halogens is 1. The van der Waals surface area contributed by atoms with Gasteiger partial charge in [-0.05, 0) is 6.92 Å². The second kappa shape index (κ2) is 6.36. The molecule has 0 aromatic carbocycles.